The second kappa shape index (κ2) is 14.7. The normalized spacial score (nSPS) is 11.8. The number of nitrogens with zero attached hydrogens (tertiary/aromatic N) is 5. The molecule has 0 radical (unpaired) electrons. The van der Waals surface area contributed by atoms with Gasteiger partial charge in [0, 0.05) is 50.0 Å². The summed E-state index contributed by atoms with van der Waals surface area (Å²) < 4.78 is 2.45. The fourth-order valence-electron chi connectivity index (χ4n) is 9.14. The van der Waals surface area contributed by atoms with Crippen molar-refractivity contribution in [1.29, 1.82) is 0 Å². The van der Waals surface area contributed by atoms with E-state index in [-0.39, 0.29) is 0 Å². The molecule has 0 N–H and O–H groups in total. The van der Waals surface area contributed by atoms with E-state index in [1.54, 1.807) is 0 Å². The molecule has 0 fully saturated rings. The van der Waals surface area contributed by atoms with Gasteiger partial charge in [0.05, 0.1) is 22.4 Å². The van der Waals surface area contributed by atoms with Crippen molar-refractivity contribution in [2.24, 2.45) is 0 Å². The molecule has 0 atom stereocenters. The number of anilines is 3. The lowest BCUT2D eigenvalue weighted by Gasteiger charge is -2.29. The minimum Gasteiger partial charge on any atom is -0.307 e. The van der Waals surface area contributed by atoms with Gasteiger partial charge in [-0.2, -0.15) is 0 Å². The van der Waals surface area contributed by atoms with Gasteiger partial charge in [0.25, 0.3) is 0 Å². The molecule has 0 unspecified atom stereocenters. The Hall–Kier alpha value is -8.41. The SMILES string of the molecule is c1ccc(-c2nc(-c3ccccc3)nc(-c3ccc(-c4cccc(N5c6ccccc6-c6ccccc6-c6ccc7c8ccccc8n(-c8ccccc8)c7c65)c4)cc3)n2)cc1. The van der Waals surface area contributed by atoms with Crippen molar-refractivity contribution >= 4 is 38.9 Å². The molecule has 2 aromatic heterocycles. The third-order valence-electron chi connectivity index (χ3n) is 12.0. The van der Waals surface area contributed by atoms with Crippen LogP contribution in [0.25, 0.3) is 95.0 Å². The zero-order chi connectivity index (χ0) is 41.0. The van der Waals surface area contributed by atoms with Crippen LogP contribution in [0.3, 0.4) is 0 Å². The fraction of sp³-hybridized carbons (Fsp3) is 0. The van der Waals surface area contributed by atoms with Gasteiger partial charge in [0.1, 0.15) is 0 Å². The monoisotopic (exact) mass is 791 g/mol. The Morgan fingerprint density at radius 2 is 0.806 bits per heavy atom. The number of hydrogen-bond acceptors (Lipinski definition) is 4. The third-order valence-corrected chi connectivity index (χ3v) is 12.0. The molecule has 0 amide bonds. The van der Waals surface area contributed by atoms with Crippen LogP contribution in [0.15, 0.2) is 224 Å². The van der Waals surface area contributed by atoms with Crippen LogP contribution in [0.2, 0.25) is 0 Å². The molecule has 3 heterocycles. The molecule has 11 aromatic rings. The first-order valence-electron chi connectivity index (χ1n) is 21.0. The summed E-state index contributed by atoms with van der Waals surface area (Å²) in [6.07, 6.45) is 0. The lowest BCUT2D eigenvalue weighted by Crippen LogP contribution is -2.13. The number of aromatic nitrogens is 4. The highest BCUT2D eigenvalue weighted by molar-refractivity contribution is 6.19. The minimum atomic E-state index is 0.633. The molecule has 0 aliphatic carbocycles. The zero-order valence-corrected chi connectivity index (χ0v) is 33.6. The fourth-order valence-corrected chi connectivity index (χ4v) is 9.14. The maximum Gasteiger partial charge on any atom is 0.164 e. The van der Waals surface area contributed by atoms with Crippen LogP contribution >= 0.6 is 0 Å². The Bertz CT molecular complexity index is 3390. The lowest BCUT2D eigenvalue weighted by atomic mass is 9.94. The molecule has 12 rings (SSSR count). The Morgan fingerprint density at radius 3 is 1.48 bits per heavy atom. The summed E-state index contributed by atoms with van der Waals surface area (Å²) in [5.41, 5.74) is 16.6. The summed E-state index contributed by atoms with van der Waals surface area (Å²) in [4.78, 5) is 17.4. The highest BCUT2D eigenvalue weighted by Crippen LogP contribution is 2.54. The van der Waals surface area contributed by atoms with Gasteiger partial charge in [-0.25, -0.2) is 15.0 Å². The Morgan fingerprint density at radius 1 is 0.306 bits per heavy atom. The summed E-state index contributed by atoms with van der Waals surface area (Å²) in [6, 6.07) is 79.6. The van der Waals surface area contributed by atoms with Crippen molar-refractivity contribution in [3.8, 4) is 73.2 Å². The van der Waals surface area contributed by atoms with E-state index in [2.05, 4.69) is 173 Å². The van der Waals surface area contributed by atoms with Crippen LogP contribution in [0.1, 0.15) is 0 Å². The summed E-state index contributed by atoms with van der Waals surface area (Å²) in [6.45, 7) is 0. The van der Waals surface area contributed by atoms with E-state index in [4.69, 9.17) is 15.0 Å². The van der Waals surface area contributed by atoms with E-state index in [0.29, 0.717) is 17.5 Å². The average molecular weight is 792 g/mol. The van der Waals surface area contributed by atoms with Crippen LogP contribution in [-0.2, 0) is 0 Å². The van der Waals surface area contributed by atoms with Crippen molar-refractivity contribution < 1.29 is 0 Å². The first kappa shape index (κ1) is 35.5. The summed E-state index contributed by atoms with van der Waals surface area (Å²) >= 11 is 0. The van der Waals surface area contributed by atoms with Gasteiger partial charge in [-0.1, -0.05) is 188 Å². The molecule has 62 heavy (non-hydrogen) atoms. The van der Waals surface area contributed by atoms with E-state index >= 15 is 0 Å². The minimum absolute atomic E-state index is 0.633. The number of rotatable bonds is 6. The van der Waals surface area contributed by atoms with Gasteiger partial charge in [-0.05, 0) is 58.7 Å². The molecule has 0 bridgehead atoms. The van der Waals surface area contributed by atoms with Crippen molar-refractivity contribution in [3.05, 3.63) is 224 Å². The Labute approximate surface area is 359 Å². The standard InChI is InChI=1S/C57H37N5/c1-4-17-39(18-5-1)55-58-56(40-19-6-2-7-20-40)60-57(59-55)41-33-31-38(32-34-41)42-21-16-24-44(37-42)62-51-29-14-12-27-47(51)45-25-10-11-26-46(45)49-35-36-50-48-28-13-15-30-52(48)61(54(50)53(49)62)43-22-8-3-9-23-43/h1-37H. The zero-order valence-electron chi connectivity index (χ0n) is 33.6. The van der Waals surface area contributed by atoms with Crippen molar-refractivity contribution in [2.75, 3.05) is 4.90 Å². The first-order valence-corrected chi connectivity index (χ1v) is 21.0. The van der Waals surface area contributed by atoms with Crippen molar-refractivity contribution in [2.45, 2.75) is 0 Å². The molecular weight excluding hydrogens is 755 g/mol. The predicted octanol–water partition coefficient (Wildman–Crippen LogP) is 14.8. The molecule has 0 spiro atoms. The van der Waals surface area contributed by atoms with E-state index in [9.17, 15) is 0 Å². The first-order chi connectivity index (χ1) is 30.8. The van der Waals surface area contributed by atoms with Gasteiger partial charge in [0.2, 0.25) is 0 Å². The van der Waals surface area contributed by atoms with Crippen LogP contribution in [-0.4, -0.2) is 19.5 Å². The van der Waals surface area contributed by atoms with Crippen LogP contribution < -0.4 is 4.90 Å². The maximum atomic E-state index is 4.98. The van der Waals surface area contributed by atoms with E-state index < -0.39 is 0 Å². The van der Waals surface area contributed by atoms with Gasteiger partial charge >= 0.3 is 0 Å². The number of hydrogen-bond donors (Lipinski definition) is 0. The van der Waals surface area contributed by atoms with Crippen LogP contribution in [0, 0.1) is 0 Å². The van der Waals surface area contributed by atoms with Crippen molar-refractivity contribution in [3.63, 3.8) is 0 Å². The smallest absolute Gasteiger partial charge is 0.164 e. The van der Waals surface area contributed by atoms with Gasteiger partial charge in [-0.3, -0.25) is 0 Å². The van der Waals surface area contributed by atoms with Crippen LogP contribution in [0.5, 0.6) is 0 Å². The van der Waals surface area contributed by atoms with Gasteiger partial charge in [0.15, 0.2) is 17.5 Å². The Balaban J connectivity index is 1.04. The molecule has 1 aliphatic heterocycles. The molecule has 5 nitrogen and oxygen atoms in total. The highest BCUT2D eigenvalue weighted by atomic mass is 15.2. The second-order valence-electron chi connectivity index (χ2n) is 15.6. The summed E-state index contributed by atoms with van der Waals surface area (Å²) in [5.74, 6) is 1.92. The number of benzene rings is 9. The molecular formula is C57H37N5. The maximum absolute atomic E-state index is 4.98. The summed E-state index contributed by atoms with van der Waals surface area (Å²) in [5, 5.41) is 2.43. The number of fused-ring (bicyclic) bond motifs is 9. The van der Waals surface area contributed by atoms with Crippen molar-refractivity contribution in [1.82, 2.24) is 19.5 Å². The highest BCUT2D eigenvalue weighted by Gasteiger charge is 2.30. The lowest BCUT2D eigenvalue weighted by molar-refractivity contribution is 1.07. The molecule has 0 saturated heterocycles. The topological polar surface area (TPSA) is 46.8 Å². The average Bonchev–Trinajstić information content (AvgIpc) is 3.63. The molecule has 290 valence electrons. The molecule has 0 saturated carbocycles. The van der Waals surface area contributed by atoms with E-state index in [1.807, 2.05) is 60.7 Å². The molecule has 9 aromatic carbocycles. The van der Waals surface area contributed by atoms with Gasteiger partial charge < -0.3 is 9.47 Å². The largest absolute Gasteiger partial charge is 0.307 e. The predicted molar refractivity (Wildman–Crippen MR) is 255 cm³/mol. The van der Waals surface area contributed by atoms with Crippen LogP contribution in [0.4, 0.5) is 17.1 Å². The van der Waals surface area contributed by atoms with E-state index in [1.165, 1.54) is 44.1 Å². The van der Waals surface area contributed by atoms with Gasteiger partial charge in [-0.15, -0.1) is 0 Å². The molecule has 1 aliphatic rings. The quantitative estimate of drug-likeness (QED) is 0.168. The Kier molecular flexibility index (Phi) is 8.42. The van der Waals surface area contributed by atoms with E-state index in [0.717, 1.165) is 50.6 Å². The second-order valence-corrected chi connectivity index (χ2v) is 15.6. The summed E-state index contributed by atoms with van der Waals surface area (Å²) in [7, 11) is 0. The molecule has 5 heteroatoms. The number of para-hydroxylation sites is 3. The third kappa shape index (κ3) is 5.90.